The summed E-state index contributed by atoms with van der Waals surface area (Å²) in [5.74, 6) is -0.233. The number of rotatable bonds is 4. The first-order valence-corrected chi connectivity index (χ1v) is 3.73. The third-order valence-electron chi connectivity index (χ3n) is 1.37. The van der Waals surface area contributed by atoms with Gasteiger partial charge in [0.25, 0.3) is 5.89 Å². The van der Waals surface area contributed by atoms with Crippen molar-refractivity contribution in [2.75, 3.05) is 0 Å². The van der Waals surface area contributed by atoms with Crippen LogP contribution in [0.25, 0.3) is 0 Å². The first-order valence-electron chi connectivity index (χ1n) is 3.73. The van der Waals surface area contributed by atoms with E-state index in [0.29, 0.717) is 5.82 Å². The molecule has 0 aliphatic heterocycles. The molecule has 0 aliphatic carbocycles. The molecule has 0 saturated heterocycles. The zero-order valence-electron chi connectivity index (χ0n) is 7.35. The van der Waals surface area contributed by atoms with Gasteiger partial charge in [-0.05, 0) is 13.8 Å². The number of carbonyl (C=O) groups is 1. The molecule has 72 valence electrons. The quantitative estimate of drug-likeness (QED) is 0.731. The van der Waals surface area contributed by atoms with E-state index in [9.17, 15) is 4.79 Å². The summed E-state index contributed by atoms with van der Waals surface area (Å²) in [5.41, 5.74) is 0. The number of aryl methyl sites for hydroxylation is 1. The lowest BCUT2D eigenvalue weighted by Crippen LogP contribution is -2.19. The zero-order chi connectivity index (χ0) is 9.84. The molecule has 1 aromatic rings. The third kappa shape index (κ3) is 2.83. The second-order valence-corrected chi connectivity index (χ2v) is 2.53. The average Bonchev–Trinajstić information content (AvgIpc) is 2.47. The molecule has 0 aromatic carbocycles. The average molecular weight is 186 g/mol. The maximum atomic E-state index is 10.3. The van der Waals surface area contributed by atoms with Crippen LogP contribution in [0.15, 0.2) is 4.52 Å². The Balaban J connectivity index is 2.39. The molecule has 1 N–H and O–H groups in total. The van der Waals surface area contributed by atoms with E-state index in [1.807, 2.05) is 0 Å². The number of carboxylic acids is 1. The van der Waals surface area contributed by atoms with E-state index in [1.165, 1.54) is 6.92 Å². The highest BCUT2D eigenvalue weighted by Crippen LogP contribution is 2.00. The lowest BCUT2D eigenvalue weighted by Gasteiger charge is -2.04. The van der Waals surface area contributed by atoms with Gasteiger partial charge >= 0.3 is 5.97 Å². The van der Waals surface area contributed by atoms with E-state index in [2.05, 4.69) is 10.1 Å². The summed E-state index contributed by atoms with van der Waals surface area (Å²) in [7, 11) is 0. The highest BCUT2D eigenvalue weighted by Gasteiger charge is 2.12. The van der Waals surface area contributed by atoms with Crippen LogP contribution in [0.4, 0.5) is 0 Å². The van der Waals surface area contributed by atoms with E-state index >= 15 is 0 Å². The lowest BCUT2D eigenvalue weighted by atomic mass is 10.4. The van der Waals surface area contributed by atoms with Gasteiger partial charge in [0.15, 0.2) is 11.9 Å². The van der Waals surface area contributed by atoms with Gasteiger partial charge in [-0.1, -0.05) is 5.16 Å². The number of nitrogens with zero attached hydrogens (tertiary/aromatic N) is 2. The Morgan fingerprint density at radius 3 is 2.92 bits per heavy atom. The van der Waals surface area contributed by atoms with Crippen molar-refractivity contribution in [3.8, 4) is 0 Å². The smallest absolute Gasteiger partial charge is 0.332 e. The minimum absolute atomic E-state index is 0.0221. The normalized spacial score (nSPS) is 12.8. The fourth-order valence-corrected chi connectivity index (χ4v) is 0.666. The van der Waals surface area contributed by atoms with Crippen LogP contribution >= 0.6 is 0 Å². The topological polar surface area (TPSA) is 85.5 Å². The molecule has 0 bridgehead atoms. The van der Waals surface area contributed by atoms with Crippen LogP contribution in [0.2, 0.25) is 0 Å². The summed E-state index contributed by atoms with van der Waals surface area (Å²) in [5, 5.41) is 12.0. The van der Waals surface area contributed by atoms with Crippen LogP contribution < -0.4 is 0 Å². The van der Waals surface area contributed by atoms with E-state index in [4.69, 9.17) is 14.4 Å². The van der Waals surface area contributed by atoms with Gasteiger partial charge in [-0.2, -0.15) is 4.98 Å². The second kappa shape index (κ2) is 3.99. The Morgan fingerprint density at radius 2 is 2.46 bits per heavy atom. The van der Waals surface area contributed by atoms with Crippen LogP contribution in [0.3, 0.4) is 0 Å². The van der Waals surface area contributed by atoms with Crippen molar-refractivity contribution in [3.63, 3.8) is 0 Å². The number of carboxylic acid groups (broad SMARTS) is 1. The van der Waals surface area contributed by atoms with Crippen molar-refractivity contribution in [2.24, 2.45) is 0 Å². The SMILES string of the molecule is Cc1noc(CO[C@@H](C)C(=O)O)n1. The molecule has 6 nitrogen and oxygen atoms in total. The minimum atomic E-state index is -1.02. The lowest BCUT2D eigenvalue weighted by molar-refractivity contribution is -0.150. The highest BCUT2D eigenvalue weighted by molar-refractivity contribution is 5.71. The van der Waals surface area contributed by atoms with Gasteiger partial charge in [-0.15, -0.1) is 0 Å². The summed E-state index contributed by atoms with van der Waals surface area (Å²) >= 11 is 0. The molecule has 0 unspecified atom stereocenters. The standard InChI is InChI=1S/C7H10N2O4/c1-4(7(10)11)12-3-6-8-5(2)9-13-6/h4H,3H2,1-2H3,(H,10,11)/t4-/m0/s1. The van der Waals surface area contributed by atoms with Gasteiger partial charge < -0.3 is 14.4 Å². The van der Waals surface area contributed by atoms with Gasteiger partial charge in [0, 0.05) is 0 Å². The fraction of sp³-hybridized carbons (Fsp3) is 0.571. The maximum absolute atomic E-state index is 10.3. The molecule has 0 aliphatic rings. The Morgan fingerprint density at radius 1 is 1.77 bits per heavy atom. The van der Waals surface area contributed by atoms with Crippen molar-refractivity contribution < 1.29 is 19.2 Å². The van der Waals surface area contributed by atoms with Crippen molar-refractivity contribution in [1.82, 2.24) is 10.1 Å². The first-order chi connectivity index (χ1) is 6.09. The van der Waals surface area contributed by atoms with Crippen LogP contribution in [-0.2, 0) is 16.1 Å². The van der Waals surface area contributed by atoms with Gasteiger partial charge in [0.1, 0.15) is 6.61 Å². The highest BCUT2D eigenvalue weighted by atomic mass is 16.5. The molecule has 1 atom stereocenters. The molecule has 0 saturated carbocycles. The van der Waals surface area contributed by atoms with Crippen molar-refractivity contribution in [1.29, 1.82) is 0 Å². The monoisotopic (exact) mass is 186 g/mol. The number of hydrogen-bond acceptors (Lipinski definition) is 5. The van der Waals surface area contributed by atoms with E-state index < -0.39 is 12.1 Å². The molecule has 0 fully saturated rings. The summed E-state index contributed by atoms with van der Waals surface area (Å²) in [4.78, 5) is 14.2. The maximum Gasteiger partial charge on any atom is 0.332 e. The number of aromatic nitrogens is 2. The van der Waals surface area contributed by atoms with Gasteiger partial charge in [0.2, 0.25) is 0 Å². The molecule has 1 rings (SSSR count). The first kappa shape index (κ1) is 9.66. The molecular weight excluding hydrogens is 176 g/mol. The van der Waals surface area contributed by atoms with Crippen LogP contribution in [0.5, 0.6) is 0 Å². The molecule has 6 heteroatoms. The van der Waals surface area contributed by atoms with Gasteiger partial charge in [0.05, 0.1) is 0 Å². The van der Waals surface area contributed by atoms with Crippen molar-refractivity contribution in [2.45, 2.75) is 26.6 Å². The van der Waals surface area contributed by atoms with E-state index in [0.717, 1.165) is 0 Å². The molecule has 0 radical (unpaired) electrons. The summed E-state index contributed by atoms with van der Waals surface area (Å²) in [6.07, 6.45) is -0.868. The molecule has 1 heterocycles. The molecule has 0 spiro atoms. The van der Waals surface area contributed by atoms with Gasteiger partial charge in [-0.3, -0.25) is 0 Å². The van der Waals surface area contributed by atoms with Crippen LogP contribution in [0, 0.1) is 6.92 Å². The number of ether oxygens (including phenoxy) is 1. The number of aliphatic carboxylic acids is 1. The Labute approximate surface area is 74.5 Å². The zero-order valence-corrected chi connectivity index (χ0v) is 7.35. The van der Waals surface area contributed by atoms with E-state index in [-0.39, 0.29) is 12.5 Å². The van der Waals surface area contributed by atoms with Gasteiger partial charge in [-0.25, -0.2) is 4.79 Å². The predicted molar refractivity (Wildman–Crippen MR) is 40.9 cm³/mol. The molecular formula is C7H10N2O4. The minimum Gasteiger partial charge on any atom is -0.479 e. The Bertz CT molecular complexity index is 296. The molecule has 13 heavy (non-hydrogen) atoms. The van der Waals surface area contributed by atoms with Crippen molar-refractivity contribution >= 4 is 5.97 Å². The summed E-state index contributed by atoms with van der Waals surface area (Å²) in [6, 6.07) is 0. The van der Waals surface area contributed by atoms with Crippen LogP contribution in [-0.4, -0.2) is 27.3 Å². The molecule has 1 aromatic heterocycles. The van der Waals surface area contributed by atoms with Crippen LogP contribution in [0.1, 0.15) is 18.6 Å². The Hall–Kier alpha value is -1.43. The summed E-state index contributed by atoms with van der Waals surface area (Å²) in [6.45, 7) is 3.13. The summed E-state index contributed by atoms with van der Waals surface area (Å²) < 4.78 is 9.62. The predicted octanol–water partition coefficient (Wildman–Crippen LogP) is 0.368. The van der Waals surface area contributed by atoms with E-state index in [1.54, 1.807) is 6.92 Å². The molecule has 0 amide bonds. The largest absolute Gasteiger partial charge is 0.479 e. The van der Waals surface area contributed by atoms with Crippen molar-refractivity contribution in [3.05, 3.63) is 11.7 Å². The Kier molecular flexibility index (Phi) is 2.97. The second-order valence-electron chi connectivity index (χ2n) is 2.53. The number of hydrogen-bond donors (Lipinski definition) is 1. The fourth-order valence-electron chi connectivity index (χ4n) is 0.666. The third-order valence-corrected chi connectivity index (χ3v) is 1.37.